The number of hydrogen-bond acceptors (Lipinski definition) is 7. The van der Waals surface area contributed by atoms with Gasteiger partial charge in [0.1, 0.15) is 5.82 Å². The maximum atomic E-state index is 12.6. The summed E-state index contributed by atoms with van der Waals surface area (Å²) in [4.78, 5) is 26.3. The third-order valence-electron chi connectivity index (χ3n) is 6.01. The number of morpholine rings is 1. The Hall–Kier alpha value is -2.32. The number of aryl methyl sites for hydroxylation is 2. The Morgan fingerprint density at radius 3 is 2.77 bits per heavy atom. The zero-order valence-corrected chi connectivity index (χ0v) is 18.0. The Morgan fingerprint density at radius 2 is 2.03 bits per heavy atom. The fourth-order valence-corrected chi connectivity index (χ4v) is 4.29. The molecule has 0 saturated carbocycles. The van der Waals surface area contributed by atoms with Crippen molar-refractivity contribution < 1.29 is 14.1 Å². The molecule has 0 radical (unpaired) electrons. The molecule has 2 aliphatic heterocycles. The summed E-state index contributed by atoms with van der Waals surface area (Å²) >= 11 is 0. The van der Waals surface area contributed by atoms with Crippen molar-refractivity contribution in [3.63, 3.8) is 0 Å². The number of nitrogens with zero attached hydrogens (tertiary/aromatic N) is 5. The van der Waals surface area contributed by atoms with Gasteiger partial charge in [-0.25, -0.2) is 9.97 Å². The first kappa shape index (κ1) is 20.9. The highest BCUT2D eigenvalue weighted by Crippen LogP contribution is 2.34. The molecule has 4 heterocycles. The Labute approximate surface area is 177 Å². The molecule has 2 aromatic rings. The average molecular weight is 414 g/mol. The molecule has 0 spiro atoms. The van der Waals surface area contributed by atoms with Gasteiger partial charge in [0.25, 0.3) is 0 Å². The molecule has 1 atom stereocenters. The van der Waals surface area contributed by atoms with Crippen molar-refractivity contribution in [3.8, 4) is 11.3 Å². The lowest BCUT2D eigenvalue weighted by Gasteiger charge is -2.29. The minimum absolute atomic E-state index is 0.213. The zero-order chi connectivity index (χ0) is 20.9. The summed E-state index contributed by atoms with van der Waals surface area (Å²) < 4.78 is 10.9. The summed E-state index contributed by atoms with van der Waals surface area (Å²) in [5.74, 6) is 2.12. The minimum Gasteiger partial charge on any atom is -0.378 e. The van der Waals surface area contributed by atoms with Crippen LogP contribution in [0.1, 0.15) is 49.3 Å². The normalized spacial score (nSPS) is 20.9. The van der Waals surface area contributed by atoms with Crippen molar-refractivity contribution in [2.24, 2.45) is 0 Å². The number of likely N-dealkylation sites (tertiary alicyclic amines) is 1. The van der Waals surface area contributed by atoms with Gasteiger partial charge in [0.2, 0.25) is 5.91 Å². The first-order valence-electron chi connectivity index (χ1n) is 11.0. The van der Waals surface area contributed by atoms with Crippen molar-refractivity contribution in [3.05, 3.63) is 29.5 Å². The minimum atomic E-state index is 0.213. The van der Waals surface area contributed by atoms with Gasteiger partial charge in [0, 0.05) is 37.7 Å². The van der Waals surface area contributed by atoms with E-state index in [0.29, 0.717) is 38.8 Å². The zero-order valence-electron chi connectivity index (χ0n) is 18.0. The number of amides is 1. The molecule has 2 aromatic heterocycles. The monoisotopic (exact) mass is 413 g/mol. The van der Waals surface area contributed by atoms with Gasteiger partial charge in [0.15, 0.2) is 5.76 Å². The van der Waals surface area contributed by atoms with Crippen LogP contribution < -0.4 is 0 Å². The van der Waals surface area contributed by atoms with Crippen LogP contribution in [-0.4, -0.2) is 76.8 Å². The fourth-order valence-electron chi connectivity index (χ4n) is 4.29. The topological polar surface area (TPSA) is 84.6 Å². The van der Waals surface area contributed by atoms with Crippen LogP contribution in [-0.2, 0) is 16.0 Å². The maximum Gasteiger partial charge on any atom is 0.236 e. The van der Waals surface area contributed by atoms with Gasteiger partial charge in [-0.15, -0.1) is 0 Å². The van der Waals surface area contributed by atoms with E-state index in [1.807, 2.05) is 24.1 Å². The molecule has 0 N–H and O–H groups in total. The smallest absolute Gasteiger partial charge is 0.236 e. The highest BCUT2D eigenvalue weighted by atomic mass is 16.5. The highest BCUT2D eigenvalue weighted by Gasteiger charge is 2.26. The fraction of sp³-hybridized carbons (Fsp3) is 0.636. The molecule has 0 bridgehead atoms. The third-order valence-corrected chi connectivity index (χ3v) is 6.01. The number of ether oxygens (including phenoxy) is 1. The molecular formula is C22H31N5O3. The Balaban J connectivity index is 1.46. The molecule has 30 heavy (non-hydrogen) atoms. The van der Waals surface area contributed by atoms with Gasteiger partial charge in [-0.3, -0.25) is 9.69 Å². The van der Waals surface area contributed by atoms with E-state index in [1.54, 1.807) is 0 Å². The van der Waals surface area contributed by atoms with Crippen LogP contribution in [0.25, 0.3) is 11.3 Å². The lowest BCUT2D eigenvalue weighted by molar-refractivity contribution is -0.136. The summed E-state index contributed by atoms with van der Waals surface area (Å²) in [6, 6.07) is 1.94. The second kappa shape index (κ2) is 9.66. The molecule has 2 fully saturated rings. The van der Waals surface area contributed by atoms with Crippen LogP contribution in [0.3, 0.4) is 0 Å². The number of aromatic nitrogens is 3. The Morgan fingerprint density at radius 1 is 1.20 bits per heavy atom. The lowest BCUT2D eigenvalue weighted by Crippen LogP contribution is -2.46. The van der Waals surface area contributed by atoms with E-state index >= 15 is 0 Å². The van der Waals surface area contributed by atoms with Crippen molar-refractivity contribution >= 4 is 5.91 Å². The van der Waals surface area contributed by atoms with Crippen LogP contribution in [0.2, 0.25) is 0 Å². The van der Waals surface area contributed by atoms with Crippen molar-refractivity contribution in [1.29, 1.82) is 0 Å². The van der Waals surface area contributed by atoms with E-state index in [2.05, 4.69) is 22.0 Å². The second-order valence-corrected chi connectivity index (χ2v) is 8.17. The molecule has 8 heteroatoms. The third kappa shape index (κ3) is 4.87. The molecule has 0 aromatic carbocycles. The number of carbonyl (C=O) groups excluding carboxylic acids is 1. The van der Waals surface area contributed by atoms with Gasteiger partial charge in [-0.05, 0) is 39.3 Å². The molecular weight excluding hydrogens is 382 g/mol. The second-order valence-electron chi connectivity index (χ2n) is 8.17. The molecule has 8 nitrogen and oxygen atoms in total. The van der Waals surface area contributed by atoms with E-state index in [4.69, 9.17) is 14.2 Å². The van der Waals surface area contributed by atoms with Crippen LogP contribution >= 0.6 is 0 Å². The molecule has 4 rings (SSSR count). The predicted octanol–water partition coefficient (Wildman–Crippen LogP) is 2.43. The van der Waals surface area contributed by atoms with Gasteiger partial charge in [0.05, 0.1) is 36.7 Å². The first-order valence-corrected chi connectivity index (χ1v) is 11.0. The highest BCUT2D eigenvalue weighted by molar-refractivity contribution is 5.78. The Bertz CT molecular complexity index is 862. The number of carbonyl (C=O) groups is 1. The first-order chi connectivity index (χ1) is 14.6. The van der Waals surface area contributed by atoms with Gasteiger partial charge in [-0.2, -0.15) is 0 Å². The van der Waals surface area contributed by atoms with E-state index in [1.165, 1.54) is 0 Å². The molecule has 2 saturated heterocycles. The SMILES string of the molecule is CCc1ncc(-c2cc(C)no2)c([C@H]2CCCN(CC(=O)N3CCOCC3)CC2)n1. The molecule has 2 aliphatic rings. The van der Waals surface area contributed by atoms with Crippen LogP contribution in [0.5, 0.6) is 0 Å². The largest absolute Gasteiger partial charge is 0.378 e. The van der Waals surface area contributed by atoms with Crippen molar-refractivity contribution in [2.45, 2.75) is 45.4 Å². The summed E-state index contributed by atoms with van der Waals surface area (Å²) in [5.41, 5.74) is 2.85. The van der Waals surface area contributed by atoms with Gasteiger partial charge >= 0.3 is 0 Å². The lowest BCUT2D eigenvalue weighted by atomic mass is 9.92. The van der Waals surface area contributed by atoms with Crippen molar-refractivity contribution in [2.75, 3.05) is 45.9 Å². The van der Waals surface area contributed by atoms with E-state index in [9.17, 15) is 4.79 Å². The predicted molar refractivity (Wildman–Crippen MR) is 112 cm³/mol. The quantitative estimate of drug-likeness (QED) is 0.744. The van der Waals surface area contributed by atoms with E-state index < -0.39 is 0 Å². The molecule has 1 amide bonds. The van der Waals surface area contributed by atoms with Crippen LogP contribution in [0.15, 0.2) is 16.8 Å². The van der Waals surface area contributed by atoms with Gasteiger partial charge in [-0.1, -0.05) is 12.1 Å². The maximum absolute atomic E-state index is 12.6. The van der Waals surface area contributed by atoms with E-state index in [0.717, 1.165) is 67.3 Å². The summed E-state index contributed by atoms with van der Waals surface area (Å²) in [6.45, 7) is 9.01. The van der Waals surface area contributed by atoms with Crippen LogP contribution in [0.4, 0.5) is 0 Å². The van der Waals surface area contributed by atoms with E-state index in [-0.39, 0.29) is 5.91 Å². The van der Waals surface area contributed by atoms with Crippen molar-refractivity contribution in [1.82, 2.24) is 24.9 Å². The molecule has 162 valence electrons. The Kier molecular flexibility index (Phi) is 6.74. The van der Waals surface area contributed by atoms with Gasteiger partial charge < -0.3 is 14.2 Å². The summed E-state index contributed by atoms with van der Waals surface area (Å²) in [5, 5.41) is 4.04. The summed E-state index contributed by atoms with van der Waals surface area (Å²) in [6.07, 6.45) is 5.74. The standard InChI is InChI=1S/C22H31N5O3/c1-3-20-23-14-18(19-13-16(2)25-30-19)22(24-20)17-5-4-7-26(8-6-17)15-21(28)27-9-11-29-12-10-27/h13-14,17H,3-12,15H2,1-2H3/t17-/m0/s1. The number of hydrogen-bond donors (Lipinski definition) is 0. The van der Waals surface area contributed by atoms with Crippen LogP contribution in [0, 0.1) is 6.92 Å². The molecule has 0 unspecified atom stereocenters. The number of rotatable bonds is 5. The molecule has 0 aliphatic carbocycles. The summed E-state index contributed by atoms with van der Waals surface area (Å²) in [7, 11) is 0. The average Bonchev–Trinajstić information content (AvgIpc) is 3.08.